The van der Waals surface area contributed by atoms with E-state index < -0.39 is 0 Å². The summed E-state index contributed by atoms with van der Waals surface area (Å²) in [5.74, 6) is 1.25. The number of nitrogens with two attached hydrogens (primary N) is 1. The fourth-order valence-electron chi connectivity index (χ4n) is 2.42. The molecule has 1 aliphatic heterocycles. The van der Waals surface area contributed by atoms with Crippen LogP contribution in [0.4, 0.5) is 5.69 Å². The molecule has 0 amide bonds. The highest BCUT2D eigenvalue weighted by Crippen LogP contribution is 2.26. The third-order valence-electron chi connectivity index (χ3n) is 3.45. The van der Waals surface area contributed by atoms with Crippen molar-refractivity contribution in [2.45, 2.75) is 38.0 Å². The normalized spacial score (nSPS) is 21.9. The molecule has 1 heterocycles. The molecule has 1 aliphatic rings. The van der Waals surface area contributed by atoms with Crippen LogP contribution in [0.15, 0.2) is 24.3 Å². The van der Waals surface area contributed by atoms with Crippen LogP contribution in [0.1, 0.15) is 25.8 Å². The fourth-order valence-corrected chi connectivity index (χ4v) is 3.60. The fraction of sp³-hybridized carbons (Fsp3) is 0.600. The van der Waals surface area contributed by atoms with Crippen molar-refractivity contribution < 1.29 is 0 Å². The summed E-state index contributed by atoms with van der Waals surface area (Å²) >= 11 is 2.11. The van der Waals surface area contributed by atoms with E-state index in [2.05, 4.69) is 54.8 Å². The molecule has 2 atom stereocenters. The third kappa shape index (κ3) is 3.66. The summed E-state index contributed by atoms with van der Waals surface area (Å²) in [6.45, 7) is 6.70. The average molecular weight is 264 g/mol. The lowest BCUT2D eigenvalue weighted by Gasteiger charge is -2.33. The van der Waals surface area contributed by atoms with E-state index in [1.807, 2.05) is 0 Å². The van der Waals surface area contributed by atoms with Crippen LogP contribution >= 0.6 is 11.8 Å². The predicted octanol–water partition coefficient (Wildman–Crippen LogP) is 2.91. The van der Waals surface area contributed by atoms with Crippen LogP contribution in [0, 0.1) is 0 Å². The Bertz CT molecular complexity index is 361. The standard InChI is InChI=1S/C15H24N2S/c1-3-15-11-17(8-9-18-15)14-6-4-13(5-7-14)10-12(2)16/h4-7,12,15H,3,8-11,16H2,1-2H3. The highest BCUT2D eigenvalue weighted by atomic mass is 32.2. The monoisotopic (exact) mass is 264 g/mol. The lowest BCUT2D eigenvalue weighted by atomic mass is 10.1. The number of benzene rings is 1. The number of thioether (sulfide) groups is 1. The Balaban J connectivity index is 2.00. The van der Waals surface area contributed by atoms with Crippen LogP contribution in [0.5, 0.6) is 0 Å². The van der Waals surface area contributed by atoms with E-state index in [9.17, 15) is 0 Å². The molecule has 1 saturated heterocycles. The van der Waals surface area contributed by atoms with Gasteiger partial charge in [0.25, 0.3) is 0 Å². The van der Waals surface area contributed by atoms with Crippen LogP contribution in [0.25, 0.3) is 0 Å². The second-order valence-corrected chi connectivity index (χ2v) is 6.60. The largest absolute Gasteiger partial charge is 0.370 e. The van der Waals surface area contributed by atoms with Gasteiger partial charge in [0.15, 0.2) is 0 Å². The molecule has 2 rings (SSSR count). The molecule has 3 heteroatoms. The van der Waals surface area contributed by atoms with Crippen LogP contribution in [-0.4, -0.2) is 30.1 Å². The van der Waals surface area contributed by atoms with Gasteiger partial charge in [-0.05, 0) is 37.5 Å². The number of hydrogen-bond donors (Lipinski definition) is 1. The first-order valence-electron chi connectivity index (χ1n) is 6.90. The van der Waals surface area contributed by atoms with E-state index in [1.54, 1.807) is 0 Å². The van der Waals surface area contributed by atoms with Gasteiger partial charge in [0.2, 0.25) is 0 Å². The van der Waals surface area contributed by atoms with Gasteiger partial charge >= 0.3 is 0 Å². The van der Waals surface area contributed by atoms with Gasteiger partial charge < -0.3 is 10.6 Å². The van der Waals surface area contributed by atoms with Gasteiger partial charge in [0.1, 0.15) is 0 Å². The Hall–Kier alpha value is -0.670. The van der Waals surface area contributed by atoms with Gasteiger partial charge in [-0.1, -0.05) is 19.1 Å². The van der Waals surface area contributed by atoms with Crippen molar-refractivity contribution in [2.24, 2.45) is 5.73 Å². The van der Waals surface area contributed by atoms with E-state index in [0.29, 0.717) is 0 Å². The number of rotatable bonds is 4. The van der Waals surface area contributed by atoms with Crippen molar-refractivity contribution in [3.8, 4) is 0 Å². The molecule has 0 aliphatic carbocycles. The molecule has 2 N–H and O–H groups in total. The lowest BCUT2D eigenvalue weighted by molar-refractivity contribution is 0.725. The van der Waals surface area contributed by atoms with Crippen molar-refractivity contribution in [1.29, 1.82) is 0 Å². The predicted molar refractivity (Wildman–Crippen MR) is 82.5 cm³/mol. The lowest BCUT2D eigenvalue weighted by Crippen LogP contribution is -2.37. The Morgan fingerprint density at radius 3 is 2.72 bits per heavy atom. The molecule has 0 aromatic heterocycles. The smallest absolute Gasteiger partial charge is 0.0367 e. The molecular formula is C15H24N2S. The van der Waals surface area contributed by atoms with Crippen molar-refractivity contribution >= 4 is 17.4 Å². The molecule has 1 fully saturated rings. The van der Waals surface area contributed by atoms with Crippen molar-refractivity contribution in [3.05, 3.63) is 29.8 Å². The average Bonchev–Trinajstić information content (AvgIpc) is 2.39. The minimum Gasteiger partial charge on any atom is -0.370 e. The molecule has 1 aromatic carbocycles. The van der Waals surface area contributed by atoms with Crippen molar-refractivity contribution in [2.75, 3.05) is 23.7 Å². The number of hydrogen-bond acceptors (Lipinski definition) is 3. The van der Waals surface area contributed by atoms with Crippen molar-refractivity contribution in [1.82, 2.24) is 0 Å². The molecule has 1 aromatic rings. The van der Waals surface area contributed by atoms with Crippen molar-refractivity contribution in [3.63, 3.8) is 0 Å². The molecule has 0 saturated carbocycles. The highest BCUT2D eigenvalue weighted by molar-refractivity contribution is 8.00. The van der Waals surface area contributed by atoms with Gasteiger partial charge in [0, 0.05) is 35.8 Å². The summed E-state index contributed by atoms with van der Waals surface area (Å²) < 4.78 is 0. The summed E-state index contributed by atoms with van der Waals surface area (Å²) in [6.07, 6.45) is 2.23. The Morgan fingerprint density at radius 2 is 2.11 bits per heavy atom. The molecular weight excluding hydrogens is 240 g/mol. The Morgan fingerprint density at radius 1 is 1.39 bits per heavy atom. The number of nitrogens with zero attached hydrogens (tertiary/aromatic N) is 1. The molecule has 0 spiro atoms. The zero-order valence-electron chi connectivity index (χ0n) is 11.4. The maximum atomic E-state index is 5.83. The second kappa shape index (κ2) is 6.48. The molecule has 2 nitrogen and oxygen atoms in total. The zero-order chi connectivity index (χ0) is 13.0. The molecule has 2 unspecified atom stereocenters. The maximum Gasteiger partial charge on any atom is 0.0367 e. The molecule has 0 radical (unpaired) electrons. The van der Waals surface area contributed by atoms with E-state index in [1.165, 1.54) is 36.5 Å². The van der Waals surface area contributed by atoms with E-state index in [0.717, 1.165) is 11.7 Å². The van der Waals surface area contributed by atoms with E-state index in [-0.39, 0.29) is 6.04 Å². The summed E-state index contributed by atoms with van der Waals surface area (Å²) in [5.41, 5.74) is 8.53. The quantitative estimate of drug-likeness (QED) is 0.906. The van der Waals surface area contributed by atoms with Gasteiger partial charge in [0.05, 0.1) is 0 Å². The first kappa shape index (κ1) is 13.8. The summed E-state index contributed by atoms with van der Waals surface area (Å²) in [6, 6.07) is 9.19. The van der Waals surface area contributed by atoms with Gasteiger partial charge in [-0.15, -0.1) is 0 Å². The highest BCUT2D eigenvalue weighted by Gasteiger charge is 2.18. The van der Waals surface area contributed by atoms with Gasteiger partial charge in [-0.2, -0.15) is 11.8 Å². The minimum atomic E-state index is 0.242. The van der Waals surface area contributed by atoms with Gasteiger partial charge in [-0.3, -0.25) is 0 Å². The van der Waals surface area contributed by atoms with Gasteiger partial charge in [-0.25, -0.2) is 0 Å². The molecule has 100 valence electrons. The van der Waals surface area contributed by atoms with E-state index >= 15 is 0 Å². The summed E-state index contributed by atoms with van der Waals surface area (Å²) in [4.78, 5) is 2.51. The maximum absolute atomic E-state index is 5.83. The SMILES string of the molecule is CCC1CN(c2ccc(CC(C)N)cc2)CCS1. The molecule has 0 bridgehead atoms. The number of anilines is 1. The minimum absolute atomic E-state index is 0.242. The third-order valence-corrected chi connectivity index (χ3v) is 4.83. The second-order valence-electron chi connectivity index (χ2n) is 5.19. The summed E-state index contributed by atoms with van der Waals surface area (Å²) in [7, 11) is 0. The first-order valence-corrected chi connectivity index (χ1v) is 7.95. The topological polar surface area (TPSA) is 29.3 Å². The van der Waals surface area contributed by atoms with E-state index in [4.69, 9.17) is 5.73 Å². The van der Waals surface area contributed by atoms with Crippen LogP contribution in [-0.2, 0) is 6.42 Å². The van der Waals surface area contributed by atoms with Crippen LogP contribution in [0.3, 0.4) is 0 Å². The van der Waals surface area contributed by atoms with Crippen LogP contribution < -0.4 is 10.6 Å². The summed E-state index contributed by atoms with van der Waals surface area (Å²) in [5, 5.41) is 0.794. The van der Waals surface area contributed by atoms with Crippen LogP contribution in [0.2, 0.25) is 0 Å². The zero-order valence-corrected chi connectivity index (χ0v) is 12.2. The Kier molecular flexibility index (Phi) is 4.95. The first-order chi connectivity index (χ1) is 8.69. The Labute approximate surface area is 115 Å². The molecule has 18 heavy (non-hydrogen) atoms.